The molecule has 8 heteroatoms. The number of amides is 1. The van der Waals surface area contributed by atoms with E-state index in [1.54, 1.807) is 13.3 Å². The number of thioether (sulfide) groups is 1. The molecule has 5 atom stereocenters. The lowest BCUT2D eigenvalue weighted by atomic mass is 9.72. The molecule has 0 saturated carbocycles. The van der Waals surface area contributed by atoms with Gasteiger partial charge in [-0.3, -0.25) is 9.88 Å². The number of ether oxygens (including phenoxy) is 2. The van der Waals surface area contributed by atoms with Crippen LogP contribution in [0.5, 0.6) is 5.75 Å². The van der Waals surface area contributed by atoms with Gasteiger partial charge in [0, 0.05) is 35.0 Å². The van der Waals surface area contributed by atoms with Gasteiger partial charge in [-0.25, -0.2) is 4.79 Å². The van der Waals surface area contributed by atoms with Crippen LogP contribution < -0.4 is 10.1 Å². The summed E-state index contributed by atoms with van der Waals surface area (Å²) >= 11 is 1.83. The van der Waals surface area contributed by atoms with Crippen LogP contribution in [0.2, 0.25) is 0 Å². The lowest BCUT2D eigenvalue weighted by Gasteiger charge is -2.52. The second-order valence-corrected chi connectivity index (χ2v) is 11.9. The average molecular weight is 502 g/mol. The Morgan fingerprint density at radius 1 is 1.31 bits per heavy atom. The fourth-order valence-electron chi connectivity index (χ4n) is 5.55. The number of aliphatic hydroxyl groups excluding tert-OH is 1. The molecule has 7 nitrogen and oxygen atoms in total. The quantitative estimate of drug-likeness (QED) is 0.485. The van der Waals surface area contributed by atoms with E-state index in [1.807, 2.05) is 56.8 Å². The van der Waals surface area contributed by atoms with Crippen molar-refractivity contribution >= 4 is 28.8 Å². The first-order valence-electron chi connectivity index (χ1n) is 12.6. The van der Waals surface area contributed by atoms with Crippen LogP contribution in [0.1, 0.15) is 51.7 Å². The number of carbonyl (C=O) groups is 1. The standard InChI is InChI=1S/C27H39N3O4S/c1-27(2,3)29-26(32)34-25(21-7-10-28-23-6-5-20(33-4)16-22(21)23)24-15-18-8-11-30(24)17-19(18)9-13-35-14-12-31/h5-7,10,16,18-19,24-25,31H,8-9,11-15,17H2,1-4H3,(H,29,32)/t18-,19-,24-,25+/m0/s1. The van der Waals surface area contributed by atoms with E-state index in [0.717, 1.165) is 53.2 Å². The summed E-state index contributed by atoms with van der Waals surface area (Å²) in [6.45, 7) is 8.18. The summed E-state index contributed by atoms with van der Waals surface area (Å²) in [7, 11) is 1.66. The van der Waals surface area contributed by atoms with E-state index in [1.165, 1.54) is 12.8 Å². The summed E-state index contributed by atoms with van der Waals surface area (Å²) in [5.41, 5.74) is 1.46. The maximum absolute atomic E-state index is 13.0. The summed E-state index contributed by atoms with van der Waals surface area (Å²) in [5, 5.41) is 13.0. The third-order valence-electron chi connectivity index (χ3n) is 7.15. The Hall–Kier alpha value is -2.03. The van der Waals surface area contributed by atoms with Gasteiger partial charge < -0.3 is 19.9 Å². The predicted molar refractivity (Wildman–Crippen MR) is 141 cm³/mol. The van der Waals surface area contributed by atoms with E-state index in [9.17, 15) is 4.79 Å². The van der Waals surface area contributed by atoms with Crippen LogP contribution in [-0.4, -0.2) is 71.0 Å². The first-order valence-corrected chi connectivity index (χ1v) is 13.8. The number of rotatable bonds is 9. The molecule has 192 valence electrons. The summed E-state index contributed by atoms with van der Waals surface area (Å²) in [4.78, 5) is 20.1. The van der Waals surface area contributed by atoms with Crippen molar-refractivity contribution in [1.82, 2.24) is 15.2 Å². The van der Waals surface area contributed by atoms with Gasteiger partial charge in [-0.15, -0.1) is 0 Å². The van der Waals surface area contributed by atoms with Crippen molar-refractivity contribution in [2.45, 2.75) is 57.7 Å². The van der Waals surface area contributed by atoms with Crippen molar-refractivity contribution in [3.05, 3.63) is 36.0 Å². The molecule has 0 radical (unpaired) electrons. The molecule has 1 unspecified atom stereocenters. The largest absolute Gasteiger partial charge is 0.497 e. The Bertz CT molecular complexity index is 1010. The van der Waals surface area contributed by atoms with Gasteiger partial charge in [-0.05, 0) is 88.4 Å². The second kappa shape index (κ2) is 11.4. The zero-order chi connectivity index (χ0) is 25.0. The molecule has 4 heterocycles. The van der Waals surface area contributed by atoms with Crippen LogP contribution in [0.15, 0.2) is 30.5 Å². The number of alkyl carbamates (subject to hydrolysis) is 1. The third-order valence-corrected chi connectivity index (χ3v) is 8.15. The topological polar surface area (TPSA) is 83.9 Å². The number of hydrogen-bond donors (Lipinski definition) is 2. The van der Waals surface area contributed by atoms with Crippen LogP contribution in [0.25, 0.3) is 10.9 Å². The molecule has 1 aromatic carbocycles. The van der Waals surface area contributed by atoms with Gasteiger partial charge in [-0.2, -0.15) is 11.8 Å². The van der Waals surface area contributed by atoms with E-state index in [0.29, 0.717) is 11.8 Å². The molecular formula is C27H39N3O4S. The van der Waals surface area contributed by atoms with Crippen molar-refractivity contribution in [2.24, 2.45) is 11.8 Å². The number of aromatic nitrogens is 1. The first-order chi connectivity index (χ1) is 16.8. The maximum atomic E-state index is 13.0. The molecule has 5 rings (SSSR count). The molecule has 35 heavy (non-hydrogen) atoms. The van der Waals surface area contributed by atoms with E-state index in [4.69, 9.17) is 14.6 Å². The minimum Gasteiger partial charge on any atom is -0.497 e. The Kier molecular flexibility index (Phi) is 8.45. The SMILES string of the molecule is COc1ccc2nccc([C@@H](OC(=O)NC(C)(C)C)[C@@H]3C[C@@H]4CCN3C[C@@H]4CCSCCO)c2c1. The Balaban J connectivity index is 1.62. The lowest BCUT2D eigenvalue weighted by Crippen LogP contribution is -2.56. The van der Waals surface area contributed by atoms with E-state index in [-0.39, 0.29) is 18.2 Å². The number of methoxy groups -OCH3 is 1. The first kappa shape index (κ1) is 26.0. The Morgan fingerprint density at radius 2 is 2.14 bits per heavy atom. The minimum atomic E-state index is -0.400. The number of fused-ring (bicyclic) bond motifs is 4. The van der Waals surface area contributed by atoms with Gasteiger partial charge in [0.2, 0.25) is 0 Å². The Labute approximate surface area is 213 Å². The molecule has 1 amide bonds. The molecule has 2 N–H and O–H groups in total. The van der Waals surface area contributed by atoms with Gasteiger partial charge in [0.05, 0.1) is 25.3 Å². The third kappa shape index (κ3) is 6.40. The summed E-state index contributed by atoms with van der Waals surface area (Å²) < 4.78 is 11.7. The molecule has 3 aliphatic rings. The highest BCUT2D eigenvalue weighted by Gasteiger charge is 2.45. The fourth-order valence-corrected chi connectivity index (χ4v) is 6.35. The van der Waals surface area contributed by atoms with Crippen LogP contribution >= 0.6 is 11.8 Å². The molecular weight excluding hydrogens is 462 g/mol. The number of nitrogens with one attached hydrogen (secondary N) is 1. The highest BCUT2D eigenvalue weighted by Crippen LogP contribution is 2.44. The van der Waals surface area contributed by atoms with Crippen molar-refractivity contribution in [2.75, 3.05) is 38.3 Å². The van der Waals surface area contributed by atoms with E-state index >= 15 is 0 Å². The van der Waals surface area contributed by atoms with Crippen LogP contribution in [0, 0.1) is 11.8 Å². The normalized spacial score (nSPS) is 24.8. The summed E-state index contributed by atoms with van der Waals surface area (Å²) in [5.74, 6) is 3.93. The van der Waals surface area contributed by atoms with Gasteiger partial charge in [0.25, 0.3) is 0 Å². The van der Waals surface area contributed by atoms with Gasteiger partial charge >= 0.3 is 6.09 Å². The average Bonchev–Trinajstić information content (AvgIpc) is 2.84. The van der Waals surface area contributed by atoms with Crippen molar-refractivity contribution < 1.29 is 19.4 Å². The molecule has 3 fully saturated rings. The molecule has 2 bridgehead atoms. The monoisotopic (exact) mass is 501 g/mol. The number of benzene rings is 1. The van der Waals surface area contributed by atoms with Gasteiger partial charge in [0.1, 0.15) is 11.9 Å². The van der Waals surface area contributed by atoms with Crippen LogP contribution in [0.3, 0.4) is 0 Å². The van der Waals surface area contributed by atoms with Crippen molar-refractivity contribution in [3.8, 4) is 5.75 Å². The minimum absolute atomic E-state index is 0.123. The highest BCUT2D eigenvalue weighted by atomic mass is 32.2. The molecule has 0 spiro atoms. The zero-order valence-electron chi connectivity index (χ0n) is 21.3. The lowest BCUT2D eigenvalue weighted by molar-refractivity contribution is -0.0609. The molecule has 3 saturated heterocycles. The van der Waals surface area contributed by atoms with Crippen molar-refractivity contribution in [1.29, 1.82) is 0 Å². The smallest absolute Gasteiger partial charge is 0.408 e. The molecule has 0 aliphatic carbocycles. The summed E-state index contributed by atoms with van der Waals surface area (Å²) in [6, 6.07) is 7.97. The fraction of sp³-hybridized carbons (Fsp3) is 0.630. The Morgan fingerprint density at radius 3 is 2.83 bits per heavy atom. The zero-order valence-corrected chi connectivity index (χ0v) is 22.1. The van der Waals surface area contributed by atoms with Crippen LogP contribution in [0.4, 0.5) is 4.79 Å². The number of carbonyl (C=O) groups excluding carboxylic acids is 1. The number of aliphatic hydroxyl groups is 1. The van der Waals surface area contributed by atoms with Gasteiger partial charge in [0.15, 0.2) is 0 Å². The molecule has 3 aliphatic heterocycles. The van der Waals surface area contributed by atoms with E-state index in [2.05, 4.69) is 15.2 Å². The maximum Gasteiger partial charge on any atom is 0.408 e. The highest BCUT2D eigenvalue weighted by molar-refractivity contribution is 7.99. The predicted octanol–water partition coefficient (Wildman–Crippen LogP) is 4.64. The molecule has 2 aromatic rings. The number of piperidine rings is 3. The summed E-state index contributed by atoms with van der Waals surface area (Å²) in [6.07, 6.45) is 4.38. The molecule has 1 aromatic heterocycles. The van der Waals surface area contributed by atoms with Gasteiger partial charge in [-0.1, -0.05) is 0 Å². The van der Waals surface area contributed by atoms with E-state index < -0.39 is 12.2 Å². The second-order valence-electron chi connectivity index (χ2n) is 10.7. The number of pyridine rings is 1. The van der Waals surface area contributed by atoms with Crippen molar-refractivity contribution in [3.63, 3.8) is 0 Å². The van der Waals surface area contributed by atoms with Crippen LogP contribution in [-0.2, 0) is 4.74 Å². The number of nitrogens with zero attached hydrogens (tertiary/aromatic N) is 2. The number of hydrogen-bond acceptors (Lipinski definition) is 7.